The minimum atomic E-state index is -0.403. The molecule has 1 N–H and O–H groups in total. The number of ether oxygens (including phenoxy) is 1. The van der Waals surface area contributed by atoms with E-state index in [9.17, 15) is 9.59 Å². The highest BCUT2D eigenvalue weighted by molar-refractivity contribution is 7.99. The molecule has 0 spiro atoms. The second kappa shape index (κ2) is 12.1. The Morgan fingerprint density at radius 2 is 1.90 bits per heavy atom. The number of pyridine rings is 1. The number of methoxy groups -OCH3 is 1. The van der Waals surface area contributed by atoms with Crippen LogP contribution in [0.25, 0.3) is 33.5 Å². The van der Waals surface area contributed by atoms with Crippen LogP contribution in [0.1, 0.15) is 41.1 Å². The number of amides is 1. The Morgan fingerprint density at radius 1 is 1.12 bits per heavy atom. The summed E-state index contributed by atoms with van der Waals surface area (Å²) >= 11 is 2.81. The number of para-hydroxylation sites is 1. The van der Waals surface area contributed by atoms with Crippen LogP contribution in [0.15, 0.2) is 65.8 Å². The van der Waals surface area contributed by atoms with Crippen LogP contribution in [0, 0.1) is 5.92 Å². The maximum absolute atomic E-state index is 13.1. The zero-order valence-electron chi connectivity index (χ0n) is 23.7. The molecule has 1 aliphatic rings. The average molecular weight is 598 g/mol. The fourth-order valence-electron chi connectivity index (χ4n) is 5.45. The number of rotatable bonds is 8. The fraction of sp³-hybridized carbons (Fsp3) is 0.281. The van der Waals surface area contributed by atoms with Gasteiger partial charge in [0.2, 0.25) is 5.91 Å². The molecule has 3 aromatic heterocycles. The molecular weight excluding hydrogens is 567 g/mol. The van der Waals surface area contributed by atoms with Crippen molar-refractivity contribution < 1.29 is 14.3 Å². The van der Waals surface area contributed by atoms with Crippen LogP contribution in [0.4, 0.5) is 5.00 Å². The highest BCUT2D eigenvalue weighted by atomic mass is 32.2. The molecule has 0 aliphatic heterocycles. The Balaban J connectivity index is 1.26. The minimum absolute atomic E-state index is 0.129. The van der Waals surface area contributed by atoms with E-state index in [1.54, 1.807) is 0 Å². The third-order valence-electron chi connectivity index (χ3n) is 7.55. The van der Waals surface area contributed by atoms with E-state index in [0.717, 1.165) is 63.3 Å². The third-order valence-corrected chi connectivity index (χ3v) is 9.68. The van der Waals surface area contributed by atoms with Crippen molar-refractivity contribution in [2.45, 2.75) is 44.8 Å². The maximum atomic E-state index is 13.1. The Hall–Kier alpha value is -4.02. The lowest BCUT2D eigenvalue weighted by atomic mass is 9.88. The quantitative estimate of drug-likeness (QED) is 0.154. The molecule has 1 unspecified atom stereocenters. The molecule has 0 bridgehead atoms. The van der Waals surface area contributed by atoms with E-state index in [-0.39, 0.29) is 11.7 Å². The maximum Gasteiger partial charge on any atom is 0.341 e. The van der Waals surface area contributed by atoms with Crippen LogP contribution in [0.5, 0.6) is 0 Å². The molecule has 0 radical (unpaired) electrons. The van der Waals surface area contributed by atoms with Gasteiger partial charge in [0.25, 0.3) is 0 Å². The molecule has 0 fully saturated rings. The molecule has 6 rings (SSSR count). The number of nitrogens with one attached hydrogen (secondary N) is 1. The Kier molecular flexibility index (Phi) is 8.08. The zero-order valence-corrected chi connectivity index (χ0v) is 25.3. The summed E-state index contributed by atoms with van der Waals surface area (Å²) in [7, 11) is 1.38. The fourth-order valence-corrected chi connectivity index (χ4v) is 7.66. The Labute approximate surface area is 252 Å². The normalized spacial score (nSPS) is 14.5. The number of thioether (sulfide) groups is 1. The number of hydrogen-bond donors (Lipinski definition) is 1. The predicted molar refractivity (Wildman–Crippen MR) is 168 cm³/mol. The van der Waals surface area contributed by atoms with Gasteiger partial charge in [-0.05, 0) is 49.8 Å². The van der Waals surface area contributed by atoms with Gasteiger partial charge in [-0.2, -0.15) is 0 Å². The molecule has 0 saturated heterocycles. The van der Waals surface area contributed by atoms with E-state index < -0.39 is 5.97 Å². The van der Waals surface area contributed by atoms with Gasteiger partial charge in [0.05, 0.1) is 29.6 Å². The number of thiophene rings is 1. The van der Waals surface area contributed by atoms with Crippen LogP contribution in [0.3, 0.4) is 0 Å². The lowest BCUT2D eigenvalue weighted by Gasteiger charge is -2.18. The predicted octanol–water partition coefficient (Wildman–Crippen LogP) is 6.88. The van der Waals surface area contributed by atoms with Crippen LogP contribution >= 0.6 is 23.1 Å². The van der Waals surface area contributed by atoms with E-state index in [2.05, 4.69) is 28.5 Å². The van der Waals surface area contributed by atoms with Gasteiger partial charge in [-0.25, -0.2) is 9.78 Å². The first-order chi connectivity index (χ1) is 20.5. The summed E-state index contributed by atoms with van der Waals surface area (Å²) in [6.07, 6.45) is 2.75. The zero-order chi connectivity index (χ0) is 29.2. The topological polar surface area (TPSA) is 99.0 Å². The Morgan fingerprint density at radius 3 is 2.69 bits per heavy atom. The highest BCUT2D eigenvalue weighted by Gasteiger charge is 2.29. The average Bonchev–Trinajstić information content (AvgIpc) is 3.59. The number of esters is 1. The standard InChI is InChI=1S/C32H31N5O3S2/c1-4-37-29(23-17-25(20-10-6-5-7-11-20)33-24-13-9-8-12-21(23)24)35-36-32(37)41-18-27(38)34-30-28(31(39)40-3)22-15-14-19(2)16-26(22)42-30/h5-13,17,19H,4,14-16,18H2,1-3H3,(H,34,38). The monoisotopic (exact) mass is 597 g/mol. The first kappa shape index (κ1) is 28.1. The lowest BCUT2D eigenvalue weighted by molar-refractivity contribution is -0.113. The summed E-state index contributed by atoms with van der Waals surface area (Å²) in [5, 5.41) is 14.2. The van der Waals surface area contributed by atoms with Gasteiger partial charge in [-0.3, -0.25) is 4.79 Å². The van der Waals surface area contributed by atoms with E-state index in [0.29, 0.717) is 28.2 Å². The van der Waals surface area contributed by atoms with Gasteiger partial charge < -0.3 is 14.6 Å². The van der Waals surface area contributed by atoms with E-state index in [1.807, 2.05) is 66.1 Å². The van der Waals surface area contributed by atoms with Crippen LogP contribution in [0.2, 0.25) is 0 Å². The summed E-state index contributed by atoms with van der Waals surface area (Å²) in [5.74, 6) is 0.801. The number of fused-ring (bicyclic) bond motifs is 2. The van der Waals surface area contributed by atoms with Crippen molar-refractivity contribution in [2.75, 3.05) is 18.2 Å². The number of nitrogens with zero attached hydrogens (tertiary/aromatic N) is 4. The molecule has 5 aromatic rings. The summed E-state index contributed by atoms with van der Waals surface area (Å²) in [6, 6.07) is 20.2. The number of carbonyl (C=O) groups excluding carboxylic acids is 2. The van der Waals surface area contributed by atoms with Crippen molar-refractivity contribution in [1.29, 1.82) is 0 Å². The Bertz CT molecular complexity index is 1780. The van der Waals surface area contributed by atoms with Crippen LogP contribution in [-0.2, 0) is 28.9 Å². The van der Waals surface area contributed by atoms with Crippen LogP contribution < -0.4 is 5.32 Å². The summed E-state index contributed by atoms with van der Waals surface area (Å²) < 4.78 is 7.09. The van der Waals surface area contributed by atoms with Gasteiger partial charge in [-0.15, -0.1) is 21.5 Å². The van der Waals surface area contributed by atoms with Crippen molar-refractivity contribution in [3.63, 3.8) is 0 Å². The molecule has 0 saturated carbocycles. The van der Waals surface area contributed by atoms with Crippen molar-refractivity contribution in [1.82, 2.24) is 19.7 Å². The first-order valence-corrected chi connectivity index (χ1v) is 15.8. The largest absolute Gasteiger partial charge is 0.465 e. The molecule has 1 aliphatic carbocycles. The molecular formula is C32H31N5O3S2. The number of carbonyl (C=O) groups is 2. The molecule has 1 amide bonds. The van der Waals surface area contributed by atoms with E-state index in [1.165, 1.54) is 30.2 Å². The molecule has 8 nitrogen and oxygen atoms in total. The van der Waals surface area contributed by atoms with Crippen LogP contribution in [-0.4, -0.2) is 44.5 Å². The second-order valence-electron chi connectivity index (χ2n) is 10.4. The summed E-state index contributed by atoms with van der Waals surface area (Å²) in [6.45, 7) is 4.88. The molecule has 214 valence electrons. The van der Waals surface area contributed by atoms with Gasteiger partial charge in [0.15, 0.2) is 11.0 Å². The molecule has 3 heterocycles. The minimum Gasteiger partial charge on any atom is -0.465 e. The second-order valence-corrected chi connectivity index (χ2v) is 12.4. The van der Waals surface area contributed by atoms with Crippen molar-refractivity contribution in [3.05, 3.63) is 76.7 Å². The summed E-state index contributed by atoms with van der Waals surface area (Å²) in [4.78, 5) is 31.8. The van der Waals surface area contributed by atoms with Crippen molar-refractivity contribution in [2.24, 2.45) is 5.92 Å². The van der Waals surface area contributed by atoms with Gasteiger partial charge >= 0.3 is 5.97 Å². The third kappa shape index (κ3) is 5.44. The highest BCUT2D eigenvalue weighted by Crippen LogP contribution is 2.40. The smallest absolute Gasteiger partial charge is 0.341 e. The molecule has 42 heavy (non-hydrogen) atoms. The number of hydrogen-bond acceptors (Lipinski definition) is 8. The number of anilines is 1. The van der Waals surface area contributed by atoms with Gasteiger partial charge in [0, 0.05) is 27.9 Å². The lowest BCUT2D eigenvalue weighted by Crippen LogP contribution is -2.17. The number of benzene rings is 2. The molecule has 1 atom stereocenters. The van der Waals surface area contributed by atoms with Crippen molar-refractivity contribution >= 4 is 50.9 Å². The first-order valence-electron chi connectivity index (χ1n) is 14.0. The van der Waals surface area contributed by atoms with Crippen molar-refractivity contribution in [3.8, 4) is 22.6 Å². The SMILES string of the molecule is CCn1c(SCC(=O)Nc2sc3c(c2C(=O)OC)CCC(C)C3)nnc1-c1cc(-c2ccccc2)nc2ccccc12. The van der Waals surface area contributed by atoms with E-state index >= 15 is 0 Å². The molecule has 10 heteroatoms. The van der Waals surface area contributed by atoms with Gasteiger partial charge in [0.1, 0.15) is 5.00 Å². The number of aromatic nitrogens is 4. The van der Waals surface area contributed by atoms with E-state index in [4.69, 9.17) is 9.72 Å². The molecule has 2 aromatic carbocycles. The summed E-state index contributed by atoms with van der Waals surface area (Å²) in [5.41, 5.74) is 5.21. The van der Waals surface area contributed by atoms with Gasteiger partial charge in [-0.1, -0.05) is 67.2 Å².